The Morgan fingerprint density at radius 1 is 0.895 bits per heavy atom. The molecule has 5 nitrogen and oxygen atoms in total. The molecule has 0 aromatic heterocycles. The molecule has 0 amide bonds. The highest BCUT2D eigenvalue weighted by Gasteiger charge is 2.40. The molecule has 0 heterocycles. The third kappa shape index (κ3) is 7.47. The summed E-state index contributed by atoms with van der Waals surface area (Å²) in [5.74, 6) is 0. The number of aliphatic hydroxyl groups is 2. The minimum atomic E-state index is -1.54. The minimum Gasteiger partial charge on any atom is -0.389 e. The van der Waals surface area contributed by atoms with Gasteiger partial charge < -0.3 is 10.2 Å². The molecule has 0 spiro atoms. The first-order valence-corrected chi connectivity index (χ1v) is 7.49. The van der Waals surface area contributed by atoms with Crippen LogP contribution in [0.25, 0.3) is 0 Å². The molecule has 114 valence electrons. The second kappa shape index (κ2) is 11.2. The molecule has 0 radical (unpaired) electrons. The van der Waals surface area contributed by atoms with Crippen molar-refractivity contribution in [1.82, 2.24) is 0 Å². The second-order valence-electron chi connectivity index (χ2n) is 5.38. The van der Waals surface area contributed by atoms with Gasteiger partial charge in [-0.15, -0.1) is 0 Å². The van der Waals surface area contributed by atoms with E-state index in [1.54, 1.807) is 0 Å². The van der Waals surface area contributed by atoms with Gasteiger partial charge in [-0.1, -0.05) is 58.3 Å². The van der Waals surface area contributed by atoms with Crippen molar-refractivity contribution in [2.75, 3.05) is 13.2 Å². The van der Waals surface area contributed by atoms with Crippen LogP contribution in [0.4, 0.5) is 0 Å². The molecule has 0 aromatic rings. The Hall–Kier alpha value is -0.680. The molecule has 0 aliphatic rings. The Kier molecular flexibility index (Phi) is 10.8. The number of aliphatic hydroxyl groups excluding tert-OH is 2. The number of rotatable bonds is 13. The highest BCUT2D eigenvalue weighted by molar-refractivity contribution is 4.77. The van der Waals surface area contributed by atoms with E-state index in [0.717, 1.165) is 12.8 Å². The molecule has 0 rings (SSSR count). The summed E-state index contributed by atoms with van der Waals surface area (Å²) in [6, 6.07) is 0. The van der Waals surface area contributed by atoms with Crippen molar-refractivity contribution in [1.29, 1.82) is 0 Å². The van der Waals surface area contributed by atoms with Crippen LogP contribution in [-0.4, -0.2) is 33.9 Å². The normalized spacial score (nSPS) is 11.7. The van der Waals surface area contributed by atoms with Gasteiger partial charge in [-0.05, 0) is 6.42 Å². The molecule has 0 saturated heterocycles. The Morgan fingerprint density at radius 3 is 1.68 bits per heavy atom. The Bertz CT molecular complexity index is 229. The van der Waals surface area contributed by atoms with Crippen LogP contribution >= 0.6 is 0 Å². The molecule has 2 N–H and O–H groups in total. The van der Waals surface area contributed by atoms with E-state index in [-0.39, 0.29) is 6.42 Å². The Labute approximate surface area is 116 Å². The zero-order valence-electron chi connectivity index (χ0n) is 12.1. The number of hydrogen-bond acceptors (Lipinski definition) is 4. The van der Waals surface area contributed by atoms with E-state index in [1.165, 1.54) is 38.5 Å². The maximum Gasteiger partial charge on any atom is 0.267 e. The topological polar surface area (TPSA) is 83.6 Å². The van der Waals surface area contributed by atoms with E-state index in [1.807, 2.05) is 0 Å². The predicted octanol–water partition coefficient (Wildman–Crippen LogP) is 2.91. The molecule has 0 aromatic carbocycles. The van der Waals surface area contributed by atoms with Gasteiger partial charge in [0.2, 0.25) is 0 Å². The van der Waals surface area contributed by atoms with Crippen molar-refractivity contribution in [3.8, 4) is 0 Å². The van der Waals surface area contributed by atoms with Crippen LogP contribution < -0.4 is 0 Å². The Balaban J connectivity index is 3.59. The smallest absolute Gasteiger partial charge is 0.267 e. The maximum atomic E-state index is 10.8. The van der Waals surface area contributed by atoms with Crippen LogP contribution in [0.3, 0.4) is 0 Å². The van der Waals surface area contributed by atoms with Gasteiger partial charge >= 0.3 is 0 Å². The molecule has 0 atom stereocenters. The van der Waals surface area contributed by atoms with Gasteiger partial charge in [0.1, 0.15) is 13.2 Å². The summed E-state index contributed by atoms with van der Waals surface area (Å²) in [7, 11) is 0. The highest BCUT2D eigenvalue weighted by atomic mass is 16.6. The largest absolute Gasteiger partial charge is 0.389 e. The summed E-state index contributed by atoms with van der Waals surface area (Å²) in [5.41, 5.74) is -1.54. The number of unbranched alkanes of at least 4 members (excludes halogenated alkanes) is 8. The fraction of sp³-hybridized carbons (Fsp3) is 1.00. The van der Waals surface area contributed by atoms with E-state index in [9.17, 15) is 10.1 Å². The van der Waals surface area contributed by atoms with Gasteiger partial charge in [-0.25, -0.2) is 0 Å². The summed E-state index contributed by atoms with van der Waals surface area (Å²) < 4.78 is 0. The molecular formula is C14H29NO4. The van der Waals surface area contributed by atoms with Gasteiger partial charge in [0, 0.05) is 11.3 Å². The zero-order valence-corrected chi connectivity index (χ0v) is 12.1. The van der Waals surface area contributed by atoms with Gasteiger partial charge in [-0.2, -0.15) is 0 Å². The lowest BCUT2D eigenvalue weighted by atomic mass is 9.94. The molecule has 0 saturated carbocycles. The second-order valence-corrected chi connectivity index (χ2v) is 5.38. The van der Waals surface area contributed by atoms with Crippen molar-refractivity contribution >= 4 is 0 Å². The van der Waals surface area contributed by atoms with Crippen LogP contribution in [-0.2, 0) is 0 Å². The molecule has 0 aliphatic carbocycles. The summed E-state index contributed by atoms with van der Waals surface area (Å²) in [5, 5.41) is 29.0. The first kappa shape index (κ1) is 18.3. The van der Waals surface area contributed by atoms with E-state index in [4.69, 9.17) is 10.2 Å². The average molecular weight is 275 g/mol. The van der Waals surface area contributed by atoms with Gasteiger partial charge in [0.25, 0.3) is 5.54 Å². The summed E-state index contributed by atoms with van der Waals surface area (Å²) in [6.45, 7) is 1.02. The van der Waals surface area contributed by atoms with Crippen molar-refractivity contribution in [2.45, 2.75) is 76.7 Å². The molecule has 0 fully saturated rings. The summed E-state index contributed by atoms with van der Waals surface area (Å²) in [4.78, 5) is 10.3. The third-order valence-corrected chi connectivity index (χ3v) is 3.72. The molecule has 0 aliphatic heterocycles. The van der Waals surface area contributed by atoms with E-state index in [2.05, 4.69) is 6.92 Å². The van der Waals surface area contributed by atoms with Crippen molar-refractivity contribution in [3.05, 3.63) is 10.1 Å². The van der Waals surface area contributed by atoms with E-state index < -0.39 is 23.7 Å². The van der Waals surface area contributed by atoms with E-state index in [0.29, 0.717) is 6.42 Å². The molecule has 19 heavy (non-hydrogen) atoms. The standard InChI is InChI=1S/C14H29NO4/c1-2-3-4-5-6-7-8-9-10-11-14(12-16,13-17)15(18)19/h16-17H,2-13H2,1H3. The van der Waals surface area contributed by atoms with Gasteiger partial charge in [0.05, 0.1) is 0 Å². The number of nitro groups is 1. The number of hydrogen-bond donors (Lipinski definition) is 2. The van der Waals surface area contributed by atoms with Crippen LogP contribution in [0.1, 0.15) is 71.1 Å². The first-order chi connectivity index (χ1) is 9.13. The van der Waals surface area contributed by atoms with Crippen LogP contribution in [0.5, 0.6) is 0 Å². The fourth-order valence-corrected chi connectivity index (χ4v) is 2.18. The monoisotopic (exact) mass is 275 g/mol. The van der Waals surface area contributed by atoms with Crippen molar-refractivity contribution in [3.63, 3.8) is 0 Å². The summed E-state index contributed by atoms with van der Waals surface area (Å²) in [6.07, 6.45) is 10.5. The molecular weight excluding hydrogens is 246 g/mol. The van der Waals surface area contributed by atoms with Crippen molar-refractivity contribution in [2.24, 2.45) is 0 Å². The maximum absolute atomic E-state index is 10.8. The minimum absolute atomic E-state index is 0.253. The van der Waals surface area contributed by atoms with E-state index >= 15 is 0 Å². The average Bonchev–Trinajstić information content (AvgIpc) is 2.41. The lowest BCUT2D eigenvalue weighted by Crippen LogP contribution is -2.45. The van der Waals surface area contributed by atoms with Crippen molar-refractivity contribution < 1.29 is 15.1 Å². The molecule has 0 bridgehead atoms. The summed E-state index contributed by atoms with van der Waals surface area (Å²) >= 11 is 0. The van der Waals surface area contributed by atoms with Crippen LogP contribution in [0.15, 0.2) is 0 Å². The Morgan fingerprint density at radius 2 is 1.32 bits per heavy atom. The van der Waals surface area contributed by atoms with Crippen LogP contribution in [0.2, 0.25) is 0 Å². The van der Waals surface area contributed by atoms with Gasteiger partial charge in [0.15, 0.2) is 0 Å². The quantitative estimate of drug-likeness (QED) is 0.307. The lowest BCUT2D eigenvalue weighted by Gasteiger charge is -2.20. The van der Waals surface area contributed by atoms with Gasteiger partial charge in [-0.3, -0.25) is 10.1 Å². The first-order valence-electron chi connectivity index (χ1n) is 7.49. The molecule has 0 unspecified atom stereocenters. The third-order valence-electron chi connectivity index (χ3n) is 3.72. The highest BCUT2D eigenvalue weighted by Crippen LogP contribution is 2.19. The lowest BCUT2D eigenvalue weighted by molar-refractivity contribution is -0.578. The number of nitrogens with zero attached hydrogens (tertiary/aromatic N) is 1. The fourth-order valence-electron chi connectivity index (χ4n) is 2.18. The SMILES string of the molecule is CCCCCCCCCCCC(CO)(CO)[N+](=O)[O-]. The molecule has 5 heteroatoms. The predicted molar refractivity (Wildman–Crippen MR) is 75.7 cm³/mol. The zero-order chi connectivity index (χ0) is 14.6. The van der Waals surface area contributed by atoms with Crippen LogP contribution in [0, 0.1) is 10.1 Å².